The molecule has 1 aliphatic rings. The molecule has 0 spiro atoms. The number of nitrogens with zero attached hydrogens (tertiary/aromatic N) is 4. The van der Waals surface area contributed by atoms with Crippen molar-refractivity contribution in [2.75, 3.05) is 17.2 Å². The summed E-state index contributed by atoms with van der Waals surface area (Å²) in [6.07, 6.45) is 3.05. The molecule has 1 saturated heterocycles. The van der Waals surface area contributed by atoms with Gasteiger partial charge in [0.25, 0.3) is 0 Å². The summed E-state index contributed by atoms with van der Waals surface area (Å²) < 4.78 is 27.0. The van der Waals surface area contributed by atoms with Gasteiger partial charge in [0, 0.05) is 13.1 Å². The molecule has 0 atom stereocenters. The van der Waals surface area contributed by atoms with Crippen LogP contribution in [0.3, 0.4) is 0 Å². The van der Waals surface area contributed by atoms with Gasteiger partial charge in [-0.2, -0.15) is 5.10 Å². The van der Waals surface area contributed by atoms with Crippen LogP contribution in [-0.2, 0) is 23.3 Å². The number of rotatable bonds is 3. The van der Waals surface area contributed by atoms with Crippen molar-refractivity contribution in [2.45, 2.75) is 38.6 Å². The van der Waals surface area contributed by atoms with Crippen LogP contribution in [-0.4, -0.2) is 39.3 Å². The van der Waals surface area contributed by atoms with Gasteiger partial charge in [-0.3, -0.25) is 9.25 Å². The highest BCUT2D eigenvalue weighted by atomic mass is 32.2. The average Bonchev–Trinajstić information content (AvgIpc) is 2.89. The molecule has 2 aromatic rings. The zero-order valence-corrected chi connectivity index (χ0v) is 13.2. The molecule has 0 aromatic carbocycles. The molecule has 0 radical (unpaired) electrons. The molecular weight excluding hydrogens is 290 g/mol. The molecule has 0 aliphatic carbocycles. The quantitative estimate of drug-likeness (QED) is 0.914. The Morgan fingerprint density at radius 1 is 1.33 bits per heavy atom. The summed E-state index contributed by atoms with van der Waals surface area (Å²) in [5.41, 5.74) is 8.81. The number of imidazole rings is 1. The molecular formula is C13H21N5O2S. The highest BCUT2D eigenvalue weighted by molar-refractivity contribution is 7.91. The highest BCUT2D eigenvalue weighted by Crippen LogP contribution is 2.31. The molecule has 1 fully saturated rings. The van der Waals surface area contributed by atoms with Crippen LogP contribution in [0.15, 0.2) is 0 Å². The van der Waals surface area contributed by atoms with Gasteiger partial charge < -0.3 is 5.73 Å². The fraction of sp³-hybridized carbons (Fsp3) is 0.692. The van der Waals surface area contributed by atoms with Gasteiger partial charge in [0.05, 0.1) is 17.2 Å². The van der Waals surface area contributed by atoms with Gasteiger partial charge in [-0.25, -0.2) is 13.4 Å². The molecule has 8 heteroatoms. The van der Waals surface area contributed by atoms with E-state index in [2.05, 4.69) is 17.0 Å². The number of aryl methyl sites for hydroxylation is 2. The first-order valence-corrected chi connectivity index (χ1v) is 9.14. The summed E-state index contributed by atoms with van der Waals surface area (Å²) in [6.45, 7) is 2.10. The standard InChI is InChI=1S/C13H21N5O2S/c1-3-4-10-11-12(17(2)16-10)18(13(14)15-11)9-5-7-21(19,20)8-6-9/h9H,3-8H2,1-2H3,(H2,14,15). The van der Waals surface area contributed by atoms with Crippen molar-refractivity contribution in [3.63, 3.8) is 0 Å². The predicted octanol–water partition coefficient (Wildman–Crippen LogP) is 1.05. The third kappa shape index (κ3) is 2.41. The summed E-state index contributed by atoms with van der Waals surface area (Å²) >= 11 is 0. The van der Waals surface area contributed by atoms with Crippen molar-refractivity contribution in [3.05, 3.63) is 5.69 Å². The normalized spacial score (nSPS) is 19.3. The van der Waals surface area contributed by atoms with Gasteiger partial charge in [0.15, 0.2) is 5.65 Å². The first kappa shape index (κ1) is 14.4. The van der Waals surface area contributed by atoms with Crippen molar-refractivity contribution in [1.82, 2.24) is 19.3 Å². The lowest BCUT2D eigenvalue weighted by Gasteiger charge is -2.24. The van der Waals surface area contributed by atoms with E-state index < -0.39 is 9.84 Å². The molecule has 0 unspecified atom stereocenters. The number of fused-ring (bicyclic) bond motifs is 1. The van der Waals surface area contributed by atoms with Gasteiger partial charge in [-0.15, -0.1) is 0 Å². The van der Waals surface area contributed by atoms with E-state index in [1.165, 1.54) is 0 Å². The monoisotopic (exact) mass is 311 g/mol. The first-order valence-electron chi connectivity index (χ1n) is 7.32. The van der Waals surface area contributed by atoms with Crippen LogP contribution >= 0.6 is 0 Å². The molecule has 3 rings (SSSR count). The molecule has 7 nitrogen and oxygen atoms in total. The lowest BCUT2D eigenvalue weighted by Crippen LogP contribution is -2.26. The molecule has 3 heterocycles. The van der Waals surface area contributed by atoms with Crippen molar-refractivity contribution < 1.29 is 8.42 Å². The van der Waals surface area contributed by atoms with Gasteiger partial charge >= 0.3 is 0 Å². The summed E-state index contributed by atoms with van der Waals surface area (Å²) in [4.78, 5) is 4.47. The Kier molecular flexibility index (Phi) is 3.43. The molecule has 0 saturated carbocycles. The number of anilines is 1. The topological polar surface area (TPSA) is 95.8 Å². The van der Waals surface area contributed by atoms with E-state index in [0.717, 1.165) is 29.7 Å². The fourth-order valence-electron chi connectivity index (χ4n) is 3.12. The van der Waals surface area contributed by atoms with Crippen molar-refractivity contribution >= 4 is 26.9 Å². The molecule has 2 N–H and O–H groups in total. The Morgan fingerprint density at radius 2 is 2.00 bits per heavy atom. The minimum atomic E-state index is -2.88. The second kappa shape index (κ2) is 5.01. The maximum atomic E-state index is 11.6. The van der Waals surface area contributed by atoms with Crippen molar-refractivity contribution in [2.24, 2.45) is 7.05 Å². The summed E-state index contributed by atoms with van der Waals surface area (Å²) in [5.74, 6) is 0.895. The molecule has 116 valence electrons. The Hall–Kier alpha value is -1.57. The predicted molar refractivity (Wildman–Crippen MR) is 81.8 cm³/mol. The second-order valence-corrected chi connectivity index (χ2v) is 8.02. The number of nitrogen functional groups attached to an aromatic ring is 1. The Morgan fingerprint density at radius 3 is 2.62 bits per heavy atom. The van der Waals surface area contributed by atoms with Gasteiger partial charge in [0.2, 0.25) is 5.95 Å². The third-order valence-corrected chi connectivity index (χ3v) is 5.86. The molecule has 21 heavy (non-hydrogen) atoms. The summed E-state index contributed by atoms with van der Waals surface area (Å²) in [6, 6.07) is 0.0865. The largest absolute Gasteiger partial charge is 0.369 e. The van der Waals surface area contributed by atoms with Crippen LogP contribution in [0, 0.1) is 0 Å². The highest BCUT2D eigenvalue weighted by Gasteiger charge is 2.29. The van der Waals surface area contributed by atoms with E-state index in [1.807, 2.05) is 16.3 Å². The molecule has 1 aliphatic heterocycles. The fourth-order valence-corrected chi connectivity index (χ4v) is 4.59. The van der Waals surface area contributed by atoms with Gasteiger partial charge in [0.1, 0.15) is 15.4 Å². The Balaban J connectivity index is 2.05. The minimum absolute atomic E-state index is 0.0865. The van der Waals surface area contributed by atoms with Crippen LogP contribution in [0.5, 0.6) is 0 Å². The number of hydrogen-bond acceptors (Lipinski definition) is 5. The maximum absolute atomic E-state index is 11.6. The van der Waals surface area contributed by atoms with Crippen LogP contribution in [0.2, 0.25) is 0 Å². The Labute approximate surface area is 124 Å². The second-order valence-electron chi connectivity index (χ2n) is 5.72. The lowest BCUT2D eigenvalue weighted by molar-refractivity contribution is 0.457. The number of aromatic nitrogens is 4. The van der Waals surface area contributed by atoms with E-state index in [9.17, 15) is 8.42 Å². The molecule has 2 aromatic heterocycles. The van der Waals surface area contributed by atoms with E-state index in [-0.39, 0.29) is 17.5 Å². The minimum Gasteiger partial charge on any atom is -0.369 e. The van der Waals surface area contributed by atoms with E-state index >= 15 is 0 Å². The number of sulfone groups is 1. The summed E-state index contributed by atoms with van der Waals surface area (Å²) in [7, 11) is -0.996. The smallest absolute Gasteiger partial charge is 0.202 e. The van der Waals surface area contributed by atoms with Crippen LogP contribution in [0.1, 0.15) is 37.9 Å². The third-order valence-electron chi connectivity index (χ3n) is 4.14. The van der Waals surface area contributed by atoms with E-state index in [4.69, 9.17) is 5.73 Å². The zero-order chi connectivity index (χ0) is 15.2. The SMILES string of the molecule is CCCc1nn(C)c2c1nc(N)n2C1CCS(=O)(=O)CC1. The number of nitrogens with two attached hydrogens (primary N) is 1. The average molecular weight is 311 g/mol. The number of hydrogen-bond donors (Lipinski definition) is 1. The Bertz CT molecular complexity index is 760. The van der Waals surface area contributed by atoms with Crippen LogP contribution < -0.4 is 5.73 Å². The lowest BCUT2D eigenvalue weighted by atomic mass is 10.1. The zero-order valence-electron chi connectivity index (χ0n) is 12.4. The first-order chi connectivity index (χ1) is 9.93. The van der Waals surface area contributed by atoms with Crippen LogP contribution in [0.25, 0.3) is 11.2 Å². The van der Waals surface area contributed by atoms with Crippen molar-refractivity contribution in [1.29, 1.82) is 0 Å². The van der Waals surface area contributed by atoms with Gasteiger partial charge in [-0.05, 0) is 19.3 Å². The van der Waals surface area contributed by atoms with E-state index in [1.54, 1.807) is 0 Å². The molecule has 0 bridgehead atoms. The maximum Gasteiger partial charge on any atom is 0.202 e. The van der Waals surface area contributed by atoms with Crippen LogP contribution in [0.4, 0.5) is 5.95 Å². The van der Waals surface area contributed by atoms with E-state index in [0.29, 0.717) is 18.8 Å². The van der Waals surface area contributed by atoms with Gasteiger partial charge in [-0.1, -0.05) is 13.3 Å². The summed E-state index contributed by atoms with van der Waals surface area (Å²) in [5, 5.41) is 4.52. The van der Waals surface area contributed by atoms with Crippen molar-refractivity contribution in [3.8, 4) is 0 Å². The molecule has 0 amide bonds.